The minimum Gasteiger partial charge on any atom is -0.301 e. The van der Waals surface area contributed by atoms with E-state index in [9.17, 15) is 17.8 Å². The van der Waals surface area contributed by atoms with Crippen molar-refractivity contribution in [2.45, 2.75) is 30.9 Å². The Morgan fingerprint density at radius 2 is 2.00 bits per heavy atom. The quantitative estimate of drug-likeness (QED) is 0.834. The number of nitrogens with one attached hydrogen (secondary N) is 1. The van der Waals surface area contributed by atoms with Gasteiger partial charge in [-0.3, -0.25) is 9.35 Å². The smallest absolute Gasteiger partial charge is 0.277 e. The van der Waals surface area contributed by atoms with E-state index in [2.05, 4.69) is 10.3 Å². The van der Waals surface area contributed by atoms with Gasteiger partial charge in [-0.1, -0.05) is 36.3 Å². The summed E-state index contributed by atoms with van der Waals surface area (Å²) in [7, 11) is -4.43. The third-order valence-corrected chi connectivity index (χ3v) is 6.12. The minimum atomic E-state index is -4.43. The molecule has 0 spiro atoms. The minimum absolute atomic E-state index is 0.329. The Bertz CT molecular complexity index is 761. The van der Waals surface area contributed by atoms with Gasteiger partial charge in [0.25, 0.3) is 10.1 Å². The molecule has 1 fully saturated rings. The Balaban J connectivity index is 1.84. The predicted molar refractivity (Wildman–Crippen MR) is 85.5 cm³/mol. The van der Waals surface area contributed by atoms with Crippen LogP contribution in [0.3, 0.4) is 0 Å². The monoisotopic (exact) mass is 340 g/mol. The van der Waals surface area contributed by atoms with Gasteiger partial charge in [0.15, 0.2) is 10.4 Å². The highest BCUT2D eigenvalue weighted by molar-refractivity contribution is 7.87. The van der Waals surface area contributed by atoms with Crippen molar-refractivity contribution in [3.05, 3.63) is 24.3 Å². The van der Waals surface area contributed by atoms with Gasteiger partial charge in [0.2, 0.25) is 5.91 Å². The van der Waals surface area contributed by atoms with Crippen molar-refractivity contribution in [1.29, 1.82) is 0 Å². The third-order valence-electron chi connectivity index (χ3n) is 3.93. The van der Waals surface area contributed by atoms with Crippen LogP contribution < -0.4 is 5.32 Å². The second-order valence-corrected chi connectivity index (χ2v) is 8.02. The van der Waals surface area contributed by atoms with Crippen LogP contribution in [0.2, 0.25) is 0 Å². The Morgan fingerprint density at radius 3 is 2.64 bits per heavy atom. The number of hydrogen-bond donors (Lipinski definition) is 2. The number of thiazole rings is 1. The molecular weight excluding hydrogens is 324 g/mol. The number of para-hydroxylation sites is 1. The van der Waals surface area contributed by atoms with E-state index in [1.54, 1.807) is 0 Å². The lowest BCUT2D eigenvalue weighted by Crippen LogP contribution is -2.40. The van der Waals surface area contributed by atoms with Gasteiger partial charge in [0.1, 0.15) is 0 Å². The predicted octanol–water partition coefficient (Wildman–Crippen LogP) is 2.68. The van der Waals surface area contributed by atoms with E-state index in [0.29, 0.717) is 18.0 Å². The molecule has 2 N–H and O–H groups in total. The maximum atomic E-state index is 12.3. The molecule has 1 aromatic carbocycles. The first-order valence-electron chi connectivity index (χ1n) is 7.08. The van der Waals surface area contributed by atoms with E-state index in [1.807, 2.05) is 24.3 Å². The molecule has 1 aromatic heterocycles. The van der Waals surface area contributed by atoms with Gasteiger partial charge in [0.05, 0.1) is 10.2 Å². The molecule has 2 aromatic rings. The standard InChI is InChI=1S/C14H16N2O4S2/c17-13(12(22(18,19)20)9-5-1-2-6-9)16-14-15-10-7-3-4-8-11(10)21-14/h3-4,7-9,12H,1-2,5-6H2,(H,15,16,17)(H,18,19,20)/t12-/m0/s1. The largest absolute Gasteiger partial charge is 0.301 e. The number of nitrogens with zero attached hydrogens (tertiary/aromatic N) is 1. The average molecular weight is 340 g/mol. The van der Waals surface area contributed by atoms with Gasteiger partial charge in [-0.2, -0.15) is 8.42 Å². The molecule has 6 nitrogen and oxygen atoms in total. The number of benzene rings is 1. The molecule has 118 valence electrons. The summed E-state index contributed by atoms with van der Waals surface area (Å²) in [5, 5.41) is 1.47. The lowest BCUT2D eigenvalue weighted by molar-refractivity contribution is -0.116. The van der Waals surface area contributed by atoms with E-state index in [1.165, 1.54) is 11.3 Å². The molecule has 1 aliphatic rings. The van der Waals surface area contributed by atoms with Crippen LogP contribution in [-0.2, 0) is 14.9 Å². The molecule has 1 amide bonds. The van der Waals surface area contributed by atoms with E-state index in [0.717, 1.165) is 23.1 Å². The van der Waals surface area contributed by atoms with E-state index < -0.39 is 21.3 Å². The summed E-state index contributed by atoms with van der Waals surface area (Å²) in [6.45, 7) is 0. The zero-order valence-electron chi connectivity index (χ0n) is 11.7. The summed E-state index contributed by atoms with van der Waals surface area (Å²) in [5.41, 5.74) is 0.743. The van der Waals surface area contributed by atoms with Gasteiger partial charge in [-0.05, 0) is 30.9 Å². The molecule has 22 heavy (non-hydrogen) atoms. The molecular formula is C14H16N2O4S2. The fourth-order valence-corrected chi connectivity index (χ4v) is 4.91. The van der Waals surface area contributed by atoms with E-state index in [-0.39, 0.29) is 5.92 Å². The highest BCUT2D eigenvalue weighted by Gasteiger charge is 2.40. The summed E-state index contributed by atoms with van der Waals surface area (Å²) >= 11 is 1.28. The van der Waals surface area contributed by atoms with Crippen LogP contribution in [0.25, 0.3) is 10.2 Å². The molecule has 1 heterocycles. The number of carbonyl (C=O) groups is 1. The van der Waals surface area contributed by atoms with E-state index >= 15 is 0 Å². The topological polar surface area (TPSA) is 96.4 Å². The number of rotatable bonds is 4. The van der Waals surface area contributed by atoms with Gasteiger partial charge in [-0.25, -0.2) is 4.98 Å². The van der Waals surface area contributed by atoms with Gasteiger partial charge < -0.3 is 5.32 Å². The summed E-state index contributed by atoms with van der Waals surface area (Å²) < 4.78 is 33.5. The summed E-state index contributed by atoms with van der Waals surface area (Å²) in [5.74, 6) is -1.03. The van der Waals surface area contributed by atoms with Crippen molar-refractivity contribution in [2.75, 3.05) is 5.32 Å². The van der Waals surface area contributed by atoms with Crippen LogP contribution in [0.4, 0.5) is 5.13 Å². The summed E-state index contributed by atoms with van der Waals surface area (Å²) in [6.07, 6.45) is 3.03. The second kappa shape index (κ2) is 5.94. The lowest BCUT2D eigenvalue weighted by atomic mass is 10.0. The van der Waals surface area contributed by atoms with Crippen molar-refractivity contribution in [2.24, 2.45) is 5.92 Å². The Kier molecular flexibility index (Phi) is 4.16. The number of amides is 1. The van der Waals surface area contributed by atoms with Gasteiger partial charge in [-0.15, -0.1) is 0 Å². The molecule has 0 saturated heterocycles. The van der Waals surface area contributed by atoms with Crippen molar-refractivity contribution >= 4 is 42.7 Å². The van der Waals surface area contributed by atoms with Crippen molar-refractivity contribution in [3.8, 4) is 0 Å². The maximum Gasteiger partial charge on any atom is 0.277 e. The Labute approximate surface area is 132 Å². The maximum absolute atomic E-state index is 12.3. The highest BCUT2D eigenvalue weighted by atomic mass is 32.2. The number of fused-ring (bicyclic) bond motifs is 1. The second-order valence-electron chi connectivity index (χ2n) is 5.46. The fourth-order valence-electron chi connectivity index (χ4n) is 2.95. The SMILES string of the molecule is O=C(Nc1nc2ccccc2s1)[C@H](C1CCCC1)S(=O)(=O)O. The fraction of sp³-hybridized carbons (Fsp3) is 0.429. The van der Waals surface area contributed by atoms with Crippen LogP contribution in [0.5, 0.6) is 0 Å². The first kappa shape index (κ1) is 15.4. The number of anilines is 1. The normalized spacial score (nSPS) is 17.7. The average Bonchev–Trinajstić information content (AvgIpc) is 3.05. The summed E-state index contributed by atoms with van der Waals surface area (Å²) in [4.78, 5) is 16.6. The molecule has 1 saturated carbocycles. The summed E-state index contributed by atoms with van der Waals surface area (Å²) in [6, 6.07) is 7.40. The van der Waals surface area contributed by atoms with Crippen LogP contribution >= 0.6 is 11.3 Å². The Morgan fingerprint density at radius 1 is 1.32 bits per heavy atom. The number of aromatic nitrogens is 1. The molecule has 3 rings (SSSR count). The lowest BCUT2D eigenvalue weighted by Gasteiger charge is -2.18. The number of carbonyl (C=O) groups excluding carboxylic acids is 1. The molecule has 0 radical (unpaired) electrons. The first-order chi connectivity index (χ1) is 10.4. The van der Waals surface area contributed by atoms with Crippen LogP contribution in [0, 0.1) is 5.92 Å². The van der Waals surface area contributed by atoms with Crippen LogP contribution in [-0.4, -0.2) is 29.1 Å². The highest BCUT2D eigenvalue weighted by Crippen LogP contribution is 2.32. The van der Waals surface area contributed by atoms with Crippen molar-refractivity contribution in [1.82, 2.24) is 4.98 Å². The Hall–Kier alpha value is -1.51. The van der Waals surface area contributed by atoms with Crippen molar-refractivity contribution in [3.63, 3.8) is 0 Å². The zero-order valence-corrected chi connectivity index (χ0v) is 13.4. The molecule has 0 bridgehead atoms. The molecule has 0 aliphatic heterocycles. The third kappa shape index (κ3) is 3.13. The van der Waals surface area contributed by atoms with Crippen LogP contribution in [0.1, 0.15) is 25.7 Å². The van der Waals surface area contributed by atoms with Gasteiger partial charge >= 0.3 is 0 Å². The molecule has 8 heteroatoms. The number of hydrogen-bond acceptors (Lipinski definition) is 5. The first-order valence-corrected chi connectivity index (χ1v) is 9.40. The molecule has 0 unspecified atom stereocenters. The zero-order chi connectivity index (χ0) is 15.7. The molecule has 1 aliphatic carbocycles. The van der Waals surface area contributed by atoms with Crippen LogP contribution in [0.15, 0.2) is 24.3 Å². The molecule has 1 atom stereocenters. The van der Waals surface area contributed by atoms with E-state index in [4.69, 9.17) is 0 Å². The van der Waals surface area contributed by atoms with Crippen molar-refractivity contribution < 1.29 is 17.8 Å². The van der Waals surface area contributed by atoms with Gasteiger partial charge in [0, 0.05) is 0 Å².